The molecule has 1 N–H and O–H groups in total. The molecule has 0 radical (unpaired) electrons. The number of hydrogen-bond donors (Lipinski definition) is 1. The number of aromatic amines is 1. The van der Waals surface area contributed by atoms with Gasteiger partial charge in [-0.1, -0.05) is 0 Å². The zero-order chi connectivity index (χ0) is 20.0. The molecule has 4 aromatic rings. The number of H-pyrrole nitrogens is 1. The van der Waals surface area contributed by atoms with Crippen molar-refractivity contribution < 1.29 is 4.42 Å². The van der Waals surface area contributed by atoms with Gasteiger partial charge >= 0.3 is 0 Å². The second-order valence-corrected chi connectivity index (χ2v) is 7.91. The van der Waals surface area contributed by atoms with Gasteiger partial charge in [0.2, 0.25) is 5.89 Å². The minimum absolute atomic E-state index is 0.605. The lowest BCUT2D eigenvalue weighted by Gasteiger charge is -2.36. The Kier molecular flexibility index (Phi) is 4.36. The zero-order valence-corrected chi connectivity index (χ0v) is 17.1. The number of oxazole rings is 1. The fraction of sp³-hybridized carbons (Fsp3) is 0.304. The van der Waals surface area contributed by atoms with E-state index in [1.54, 1.807) is 12.5 Å². The Morgan fingerprint density at radius 2 is 1.72 bits per heavy atom. The lowest BCUT2D eigenvalue weighted by atomic mass is 9.98. The molecule has 0 spiro atoms. The molecule has 0 unspecified atom stereocenters. The van der Waals surface area contributed by atoms with Crippen LogP contribution >= 0.6 is 0 Å². The van der Waals surface area contributed by atoms with E-state index in [2.05, 4.69) is 63.8 Å². The minimum Gasteiger partial charge on any atom is -0.444 e. The molecule has 5 rings (SSSR count). The number of aryl methyl sites for hydroxylation is 2. The molecule has 1 aliphatic heterocycles. The maximum atomic E-state index is 5.49. The third-order valence-electron chi connectivity index (χ3n) is 5.84. The maximum Gasteiger partial charge on any atom is 0.228 e. The van der Waals surface area contributed by atoms with Gasteiger partial charge in [0, 0.05) is 55.2 Å². The molecule has 0 aliphatic carbocycles. The van der Waals surface area contributed by atoms with Crippen LogP contribution in [0.1, 0.15) is 11.1 Å². The normalized spacial score (nSPS) is 15.3. The van der Waals surface area contributed by atoms with Gasteiger partial charge in [0.05, 0.1) is 11.8 Å². The van der Waals surface area contributed by atoms with Gasteiger partial charge < -0.3 is 19.2 Å². The van der Waals surface area contributed by atoms with Crippen molar-refractivity contribution in [3.05, 3.63) is 54.2 Å². The molecule has 29 heavy (non-hydrogen) atoms. The summed E-state index contributed by atoms with van der Waals surface area (Å²) in [5, 5.41) is 1.02. The van der Waals surface area contributed by atoms with E-state index in [0.29, 0.717) is 5.89 Å². The monoisotopic (exact) mass is 387 g/mol. The Morgan fingerprint density at radius 1 is 0.966 bits per heavy atom. The van der Waals surface area contributed by atoms with Gasteiger partial charge in [0.1, 0.15) is 11.9 Å². The number of nitrogens with zero attached hydrogens (tertiary/aromatic N) is 4. The molecule has 3 aromatic heterocycles. The van der Waals surface area contributed by atoms with Crippen LogP contribution in [0, 0.1) is 13.8 Å². The lowest BCUT2D eigenvalue weighted by Crippen LogP contribution is -2.45. The van der Waals surface area contributed by atoms with Crippen LogP contribution < -0.4 is 4.90 Å². The molecule has 6 nitrogen and oxygen atoms in total. The van der Waals surface area contributed by atoms with E-state index < -0.39 is 0 Å². The summed E-state index contributed by atoms with van der Waals surface area (Å²) >= 11 is 0. The maximum absolute atomic E-state index is 5.49. The van der Waals surface area contributed by atoms with E-state index in [1.807, 2.05) is 12.4 Å². The van der Waals surface area contributed by atoms with E-state index >= 15 is 0 Å². The first kappa shape index (κ1) is 17.9. The van der Waals surface area contributed by atoms with Crippen molar-refractivity contribution in [2.75, 3.05) is 38.1 Å². The quantitative estimate of drug-likeness (QED) is 0.569. The molecule has 148 valence electrons. The first-order valence-electron chi connectivity index (χ1n) is 10.0. The number of piperazine rings is 1. The first-order chi connectivity index (χ1) is 14.1. The summed E-state index contributed by atoms with van der Waals surface area (Å²) in [5.74, 6) is 0.605. The van der Waals surface area contributed by atoms with Crippen molar-refractivity contribution in [2.24, 2.45) is 0 Å². The van der Waals surface area contributed by atoms with Crippen molar-refractivity contribution in [3.8, 4) is 22.6 Å². The number of pyridine rings is 1. The van der Waals surface area contributed by atoms with Gasteiger partial charge in [-0.05, 0) is 55.8 Å². The van der Waals surface area contributed by atoms with Crippen molar-refractivity contribution in [2.45, 2.75) is 13.8 Å². The number of aromatic nitrogens is 3. The van der Waals surface area contributed by atoms with Gasteiger partial charge in [-0.3, -0.25) is 0 Å². The van der Waals surface area contributed by atoms with Gasteiger partial charge in [-0.2, -0.15) is 0 Å². The Morgan fingerprint density at radius 3 is 2.41 bits per heavy atom. The molecule has 0 saturated carbocycles. The van der Waals surface area contributed by atoms with Crippen LogP contribution in [0.4, 0.5) is 5.69 Å². The smallest absolute Gasteiger partial charge is 0.228 e. The van der Waals surface area contributed by atoms with Crippen LogP contribution in [0.2, 0.25) is 0 Å². The van der Waals surface area contributed by atoms with Crippen LogP contribution in [0.15, 0.2) is 47.5 Å². The van der Waals surface area contributed by atoms with Gasteiger partial charge in [0.15, 0.2) is 0 Å². The Hall–Kier alpha value is -3.12. The molecule has 1 aliphatic rings. The Labute approximate surface area is 170 Å². The predicted molar refractivity (Wildman–Crippen MR) is 116 cm³/mol. The fourth-order valence-corrected chi connectivity index (χ4v) is 4.35. The number of nitrogens with one attached hydrogen (secondary N) is 1. The molecule has 1 aromatic carbocycles. The van der Waals surface area contributed by atoms with Crippen LogP contribution in [-0.2, 0) is 0 Å². The summed E-state index contributed by atoms with van der Waals surface area (Å²) in [6, 6.07) is 6.73. The third kappa shape index (κ3) is 3.19. The van der Waals surface area contributed by atoms with E-state index in [-0.39, 0.29) is 0 Å². The lowest BCUT2D eigenvalue weighted by molar-refractivity contribution is 0.312. The topological polar surface area (TPSA) is 61.2 Å². The second kappa shape index (κ2) is 7.04. The molecular weight excluding hydrogens is 362 g/mol. The summed E-state index contributed by atoms with van der Waals surface area (Å²) in [7, 11) is 2.19. The number of anilines is 1. The van der Waals surface area contributed by atoms with Crippen LogP contribution in [0.3, 0.4) is 0 Å². The average Bonchev–Trinajstić information content (AvgIpc) is 3.37. The third-order valence-corrected chi connectivity index (χ3v) is 5.84. The molecule has 4 heterocycles. The summed E-state index contributed by atoms with van der Waals surface area (Å²) in [6.07, 6.45) is 7.09. The number of hydrogen-bond acceptors (Lipinski definition) is 5. The summed E-state index contributed by atoms with van der Waals surface area (Å²) in [6.45, 7) is 8.80. The van der Waals surface area contributed by atoms with Crippen molar-refractivity contribution in [1.29, 1.82) is 0 Å². The molecule has 0 atom stereocenters. The van der Waals surface area contributed by atoms with Crippen molar-refractivity contribution >= 4 is 16.7 Å². The Bertz CT molecular complexity index is 1130. The predicted octanol–water partition coefficient (Wildman–Crippen LogP) is 4.25. The van der Waals surface area contributed by atoms with E-state index in [9.17, 15) is 0 Å². The number of rotatable bonds is 3. The molecule has 1 saturated heterocycles. The highest BCUT2D eigenvalue weighted by Crippen LogP contribution is 2.34. The molecule has 0 bridgehead atoms. The molecule has 0 amide bonds. The largest absolute Gasteiger partial charge is 0.444 e. The van der Waals surface area contributed by atoms with Crippen molar-refractivity contribution in [3.63, 3.8) is 0 Å². The fourth-order valence-electron chi connectivity index (χ4n) is 4.35. The Balaban J connectivity index is 1.54. The number of benzene rings is 1. The van der Waals surface area contributed by atoms with Gasteiger partial charge in [-0.15, -0.1) is 0 Å². The number of likely N-dealkylation sites (N-methyl/N-ethyl adjacent to an activating group) is 1. The summed E-state index contributed by atoms with van der Waals surface area (Å²) in [4.78, 5) is 17.0. The molecule has 6 heteroatoms. The highest BCUT2D eigenvalue weighted by atomic mass is 16.3. The zero-order valence-electron chi connectivity index (χ0n) is 17.1. The SMILES string of the molecule is Cc1cc(-c2cnc3[nH]cc(-c4ncco4)c3c2)cc(C)c1N1CCN(C)CC1. The van der Waals surface area contributed by atoms with Gasteiger partial charge in [0.25, 0.3) is 0 Å². The van der Waals surface area contributed by atoms with E-state index in [0.717, 1.165) is 48.3 Å². The molecular formula is C23H25N5O. The molecule has 1 fully saturated rings. The second-order valence-electron chi connectivity index (χ2n) is 7.91. The standard InChI is InChI=1S/C23H25N5O/c1-15-10-17(11-16(2)21(15)28-7-5-27(3)6-8-28)18-12-19-20(23-24-4-9-29-23)14-26-22(19)25-13-18/h4,9-14H,5-8H2,1-3H3,(H,25,26). The average molecular weight is 387 g/mol. The van der Waals surface area contributed by atoms with Gasteiger partial charge in [-0.25, -0.2) is 9.97 Å². The summed E-state index contributed by atoms with van der Waals surface area (Å²) < 4.78 is 5.49. The van der Waals surface area contributed by atoms with Crippen molar-refractivity contribution in [1.82, 2.24) is 19.9 Å². The number of fused-ring (bicyclic) bond motifs is 1. The minimum atomic E-state index is 0.605. The van der Waals surface area contributed by atoms with E-state index in [1.165, 1.54) is 22.4 Å². The van der Waals surface area contributed by atoms with Crippen LogP contribution in [0.5, 0.6) is 0 Å². The van der Waals surface area contributed by atoms with E-state index in [4.69, 9.17) is 4.42 Å². The summed E-state index contributed by atoms with van der Waals surface area (Å²) in [5.41, 5.74) is 8.05. The first-order valence-corrected chi connectivity index (χ1v) is 10.0. The highest BCUT2D eigenvalue weighted by molar-refractivity contribution is 5.94. The van der Waals surface area contributed by atoms with Crippen LogP contribution in [0.25, 0.3) is 33.6 Å². The highest BCUT2D eigenvalue weighted by Gasteiger charge is 2.19. The van der Waals surface area contributed by atoms with Crippen LogP contribution in [-0.4, -0.2) is 53.1 Å².